The maximum Gasteiger partial charge on any atom is 0.0202 e. The smallest absolute Gasteiger partial charge is 0.0202 e. The van der Waals surface area contributed by atoms with Gasteiger partial charge >= 0.3 is 0 Å². The molecule has 12 heavy (non-hydrogen) atoms. The fraction of sp³-hybridized carbons (Fsp3) is 0.636. The molecule has 0 aliphatic carbocycles. The third-order valence-electron chi connectivity index (χ3n) is 2.65. The molecule has 0 aliphatic rings. The largest absolute Gasteiger partial charge is 0.351 e. The van der Waals surface area contributed by atoms with Crippen molar-refractivity contribution >= 4 is 0 Å². The van der Waals surface area contributed by atoms with Crippen molar-refractivity contribution in [3.05, 3.63) is 23.0 Å². The molecule has 1 aromatic heterocycles. The van der Waals surface area contributed by atoms with Crippen LogP contribution in [0.5, 0.6) is 0 Å². The van der Waals surface area contributed by atoms with Gasteiger partial charge in [-0.1, -0.05) is 20.8 Å². The van der Waals surface area contributed by atoms with Crippen molar-refractivity contribution < 1.29 is 0 Å². The van der Waals surface area contributed by atoms with Crippen molar-refractivity contribution in [2.45, 2.75) is 40.0 Å². The molecule has 1 aromatic rings. The van der Waals surface area contributed by atoms with Crippen LogP contribution in [0.3, 0.4) is 0 Å². The molecule has 1 heterocycles. The molecule has 1 heteroatoms. The molecule has 0 fully saturated rings. The summed E-state index contributed by atoms with van der Waals surface area (Å²) in [7, 11) is 2.16. The first-order chi connectivity index (χ1) is 5.57. The third-order valence-corrected chi connectivity index (χ3v) is 2.65. The highest BCUT2D eigenvalue weighted by molar-refractivity contribution is 5.28. The van der Waals surface area contributed by atoms with Crippen LogP contribution < -0.4 is 0 Å². The van der Waals surface area contributed by atoms with Gasteiger partial charge in [0.15, 0.2) is 0 Å². The molecule has 0 saturated heterocycles. The summed E-state index contributed by atoms with van der Waals surface area (Å²) in [5.41, 5.74) is 4.35. The lowest BCUT2D eigenvalue weighted by molar-refractivity contribution is 0.726. The molecule has 0 radical (unpaired) electrons. The summed E-state index contributed by atoms with van der Waals surface area (Å²) in [6.07, 6.45) is 1.15. The highest BCUT2D eigenvalue weighted by Gasteiger charge is 2.09. The van der Waals surface area contributed by atoms with Gasteiger partial charge in [-0.2, -0.15) is 0 Å². The Labute approximate surface area is 75.4 Å². The van der Waals surface area contributed by atoms with Crippen LogP contribution in [0.4, 0.5) is 0 Å². The van der Waals surface area contributed by atoms with Crippen LogP contribution in [0.25, 0.3) is 0 Å². The van der Waals surface area contributed by atoms with E-state index in [-0.39, 0.29) is 0 Å². The van der Waals surface area contributed by atoms with E-state index in [9.17, 15) is 0 Å². The zero-order valence-corrected chi connectivity index (χ0v) is 8.81. The van der Waals surface area contributed by atoms with E-state index in [1.54, 1.807) is 0 Å². The highest BCUT2D eigenvalue weighted by atomic mass is 15.0. The molecule has 0 aromatic carbocycles. The summed E-state index contributed by atoms with van der Waals surface area (Å²) in [5, 5.41) is 0. The molecule has 1 rings (SSSR count). The first-order valence-electron chi connectivity index (χ1n) is 4.73. The normalized spacial score (nSPS) is 11.2. The predicted octanol–water partition coefficient (Wildman–Crippen LogP) is 3.02. The van der Waals surface area contributed by atoms with Crippen LogP contribution in [0.1, 0.15) is 43.6 Å². The minimum atomic E-state index is 0.633. The van der Waals surface area contributed by atoms with Crippen molar-refractivity contribution in [1.82, 2.24) is 4.57 Å². The molecular weight excluding hydrogens is 146 g/mol. The third kappa shape index (κ3) is 1.40. The maximum atomic E-state index is 2.33. The second-order valence-electron chi connectivity index (χ2n) is 3.75. The van der Waals surface area contributed by atoms with Gasteiger partial charge in [0.2, 0.25) is 0 Å². The molecule has 0 saturated carbocycles. The van der Waals surface area contributed by atoms with E-state index in [1.807, 2.05) is 0 Å². The minimum absolute atomic E-state index is 0.633. The molecule has 0 unspecified atom stereocenters. The van der Waals surface area contributed by atoms with E-state index in [0.717, 1.165) is 6.42 Å². The van der Waals surface area contributed by atoms with Crippen molar-refractivity contribution in [1.29, 1.82) is 0 Å². The number of rotatable bonds is 2. The van der Waals surface area contributed by atoms with Crippen LogP contribution >= 0.6 is 0 Å². The van der Waals surface area contributed by atoms with Gasteiger partial charge in [0.05, 0.1) is 0 Å². The van der Waals surface area contributed by atoms with Crippen LogP contribution in [0, 0.1) is 6.92 Å². The Morgan fingerprint density at radius 1 is 1.42 bits per heavy atom. The van der Waals surface area contributed by atoms with Crippen LogP contribution in [-0.4, -0.2) is 4.57 Å². The van der Waals surface area contributed by atoms with Gasteiger partial charge < -0.3 is 4.57 Å². The quantitative estimate of drug-likeness (QED) is 0.635. The minimum Gasteiger partial charge on any atom is -0.351 e. The summed E-state index contributed by atoms with van der Waals surface area (Å²) in [6, 6.07) is 2.33. The number of aryl methyl sites for hydroxylation is 1. The second kappa shape index (κ2) is 3.34. The van der Waals surface area contributed by atoms with Gasteiger partial charge in [0.1, 0.15) is 0 Å². The molecule has 1 nitrogen and oxygen atoms in total. The topological polar surface area (TPSA) is 4.93 Å². The van der Waals surface area contributed by atoms with E-state index < -0.39 is 0 Å². The monoisotopic (exact) mass is 165 g/mol. The lowest BCUT2D eigenvalue weighted by Crippen LogP contribution is -1.99. The second-order valence-corrected chi connectivity index (χ2v) is 3.75. The Hall–Kier alpha value is -0.720. The first-order valence-corrected chi connectivity index (χ1v) is 4.73. The van der Waals surface area contributed by atoms with Crippen LogP contribution in [0.2, 0.25) is 0 Å². The molecule has 0 amide bonds. The maximum absolute atomic E-state index is 2.33. The summed E-state index contributed by atoms with van der Waals surface area (Å²) >= 11 is 0. The van der Waals surface area contributed by atoms with Gasteiger partial charge in [0, 0.05) is 18.4 Å². The molecule has 0 atom stereocenters. The summed E-state index contributed by atoms with van der Waals surface area (Å²) in [6.45, 7) is 8.90. The molecule has 0 bridgehead atoms. The summed E-state index contributed by atoms with van der Waals surface area (Å²) < 4.78 is 2.31. The average Bonchev–Trinajstić information content (AvgIpc) is 2.30. The van der Waals surface area contributed by atoms with Gasteiger partial charge in [-0.15, -0.1) is 0 Å². The van der Waals surface area contributed by atoms with Gasteiger partial charge in [-0.25, -0.2) is 0 Å². The van der Waals surface area contributed by atoms with Crippen molar-refractivity contribution in [3.63, 3.8) is 0 Å². The Bertz CT molecular complexity index is 269. The van der Waals surface area contributed by atoms with E-state index in [0.29, 0.717) is 5.92 Å². The van der Waals surface area contributed by atoms with Crippen molar-refractivity contribution in [2.75, 3.05) is 0 Å². The molecule has 0 N–H and O–H groups in total. The van der Waals surface area contributed by atoms with Crippen LogP contribution in [-0.2, 0) is 13.5 Å². The Kier molecular flexibility index (Phi) is 2.61. The Morgan fingerprint density at radius 2 is 2.00 bits per heavy atom. The SMILES string of the molecule is CCc1cc(C(C)C)n(C)c1C. The predicted molar refractivity (Wildman–Crippen MR) is 53.6 cm³/mol. The zero-order chi connectivity index (χ0) is 9.30. The lowest BCUT2D eigenvalue weighted by atomic mass is 10.1. The first kappa shape index (κ1) is 9.37. The Morgan fingerprint density at radius 3 is 2.25 bits per heavy atom. The van der Waals surface area contributed by atoms with E-state index in [1.165, 1.54) is 17.0 Å². The lowest BCUT2D eigenvalue weighted by Gasteiger charge is -2.07. The number of aromatic nitrogens is 1. The zero-order valence-electron chi connectivity index (χ0n) is 8.81. The van der Waals surface area contributed by atoms with E-state index in [2.05, 4.69) is 45.4 Å². The van der Waals surface area contributed by atoms with Crippen molar-refractivity contribution in [2.24, 2.45) is 7.05 Å². The standard InChI is InChI=1S/C11H19N/c1-6-10-7-11(8(2)3)12(5)9(10)4/h7-8H,6H2,1-5H3. The van der Waals surface area contributed by atoms with Crippen molar-refractivity contribution in [3.8, 4) is 0 Å². The van der Waals surface area contributed by atoms with E-state index >= 15 is 0 Å². The molecule has 68 valence electrons. The molecule has 0 spiro atoms. The summed E-state index contributed by atoms with van der Waals surface area (Å²) in [4.78, 5) is 0. The number of hydrogen-bond acceptors (Lipinski definition) is 0. The number of nitrogens with zero attached hydrogens (tertiary/aromatic N) is 1. The summed E-state index contributed by atoms with van der Waals surface area (Å²) in [5.74, 6) is 0.633. The fourth-order valence-electron chi connectivity index (χ4n) is 1.70. The van der Waals surface area contributed by atoms with Crippen LogP contribution in [0.15, 0.2) is 6.07 Å². The average molecular weight is 165 g/mol. The highest BCUT2D eigenvalue weighted by Crippen LogP contribution is 2.21. The fourth-order valence-corrected chi connectivity index (χ4v) is 1.70. The van der Waals surface area contributed by atoms with Gasteiger partial charge in [0.25, 0.3) is 0 Å². The molecule has 0 aliphatic heterocycles. The van der Waals surface area contributed by atoms with Gasteiger partial charge in [-0.3, -0.25) is 0 Å². The Balaban J connectivity index is 3.16. The molecular formula is C11H19N. The van der Waals surface area contributed by atoms with Gasteiger partial charge in [-0.05, 0) is 30.9 Å². The van der Waals surface area contributed by atoms with E-state index in [4.69, 9.17) is 0 Å². The number of hydrogen-bond donors (Lipinski definition) is 0.